The van der Waals surface area contributed by atoms with Crippen molar-refractivity contribution >= 4 is 59.0 Å². The Kier molecular flexibility index (Phi) is 11.8. The number of carbonyl (C=O) groups is 4. The molecule has 3 aliphatic heterocycles. The van der Waals surface area contributed by atoms with Gasteiger partial charge in [-0.05, 0) is 68.8 Å². The number of anilines is 4. The van der Waals surface area contributed by atoms with Crippen molar-refractivity contribution < 1.29 is 41.5 Å². The van der Waals surface area contributed by atoms with Gasteiger partial charge in [0.25, 0.3) is 5.91 Å². The first kappa shape index (κ1) is 40.3. The van der Waals surface area contributed by atoms with Crippen LogP contribution < -0.4 is 30.5 Å². The fraction of sp³-hybridized carbons (Fsp3) is 0.395. The summed E-state index contributed by atoms with van der Waals surface area (Å²) in [5, 5.41) is 17.5. The van der Waals surface area contributed by atoms with Crippen LogP contribution in [0.2, 0.25) is 0 Å². The van der Waals surface area contributed by atoms with Gasteiger partial charge in [-0.1, -0.05) is 6.07 Å². The average Bonchev–Trinajstić information content (AvgIpc) is 3.32. The van der Waals surface area contributed by atoms with Crippen LogP contribution in [0.1, 0.15) is 37.8 Å². The van der Waals surface area contributed by atoms with Crippen LogP contribution in [0.25, 0.3) is 0 Å². The van der Waals surface area contributed by atoms with Gasteiger partial charge in [0, 0.05) is 68.0 Å². The van der Waals surface area contributed by atoms with E-state index in [1.54, 1.807) is 44.2 Å². The molecule has 3 saturated heterocycles. The van der Waals surface area contributed by atoms with Gasteiger partial charge >= 0.3 is 6.18 Å². The molecule has 2 atom stereocenters. The number of piperazine rings is 1. The highest BCUT2D eigenvalue weighted by molar-refractivity contribution is 7.81. The van der Waals surface area contributed by atoms with Crippen LogP contribution in [0, 0.1) is 17.1 Å². The number of alkyl halides is 3. The lowest BCUT2D eigenvalue weighted by Gasteiger charge is -2.34. The van der Waals surface area contributed by atoms with Crippen molar-refractivity contribution in [3.05, 3.63) is 77.6 Å². The molecule has 13 nitrogen and oxygen atoms in total. The minimum absolute atomic E-state index is 0.0155. The van der Waals surface area contributed by atoms with Crippen LogP contribution in [0.15, 0.2) is 60.7 Å². The van der Waals surface area contributed by atoms with Crippen LogP contribution in [0.5, 0.6) is 5.75 Å². The Hall–Kier alpha value is -5.38. The third-order valence-corrected chi connectivity index (χ3v) is 10.4. The van der Waals surface area contributed by atoms with Gasteiger partial charge in [0.2, 0.25) is 17.7 Å². The molecular formula is C38H40F4N8O5S. The number of piperidine rings is 1. The Morgan fingerprint density at radius 3 is 2.38 bits per heavy atom. The van der Waals surface area contributed by atoms with E-state index in [0.717, 1.165) is 17.0 Å². The lowest BCUT2D eigenvalue weighted by atomic mass is 10.0. The molecule has 296 valence electrons. The number of thiol groups is 1. The van der Waals surface area contributed by atoms with Crippen molar-refractivity contribution in [3.8, 4) is 11.8 Å². The quantitative estimate of drug-likeness (QED) is 0.125. The summed E-state index contributed by atoms with van der Waals surface area (Å²) in [6.45, 7) is 6.54. The number of carbonyl (C=O) groups excluding carboxylic acids is 4. The summed E-state index contributed by atoms with van der Waals surface area (Å²) in [4.78, 5) is 56.6. The maximum Gasteiger partial charge on any atom is 0.417 e. The molecule has 6 rings (SSSR count). The van der Waals surface area contributed by atoms with Crippen molar-refractivity contribution in [1.82, 2.24) is 15.1 Å². The zero-order chi connectivity index (χ0) is 40.4. The zero-order valence-corrected chi connectivity index (χ0v) is 31.4. The summed E-state index contributed by atoms with van der Waals surface area (Å²) >= 11 is 4.56. The van der Waals surface area contributed by atoms with Crippen LogP contribution in [0.3, 0.4) is 0 Å². The Morgan fingerprint density at radius 2 is 1.70 bits per heavy atom. The highest BCUT2D eigenvalue weighted by Crippen LogP contribution is 2.43. The summed E-state index contributed by atoms with van der Waals surface area (Å²) < 4.78 is 62.2. The number of ether oxygens (including phenoxy) is 1. The van der Waals surface area contributed by atoms with E-state index in [4.69, 9.17) is 4.74 Å². The van der Waals surface area contributed by atoms with Gasteiger partial charge < -0.3 is 20.3 Å². The Balaban J connectivity index is 0.974. The predicted molar refractivity (Wildman–Crippen MR) is 203 cm³/mol. The molecule has 0 bridgehead atoms. The zero-order valence-electron chi connectivity index (χ0n) is 30.5. The van der Waals surface area contributed by atoms with Crippen molar-refractivity contribution in [2.45, 2.75) is 49.9 Å². The minimum atomic E-state index is -4.82. The molecule has 3 aromatic rings. The highest BCUT2D eigenvalue weighted by atomic mass is 32.1. The van der Waals surface area contributed by atoms with E-state index in [1.165, 1.54) is 29.2 Å². The average molecular weight is 797 g/mol. The molecular weight excluding hydrogens is 757 g/mol. The topological polar surface area (TPSA) is 150 Å². The number of hydrogen-bond donors (Lipinski definition) is 4. The van der Waals surface area contributed by atoms with E-state index < -0.39 is 46.1 Å². The number of imide groups is 1. The molecule has 18 heteroatoms. The second kappa shape index (κ2) is 16.4. The normalized spacial score (nSPS) is 20.4. The molecule has 0 saturated carbocycles. The number of hydrogen-bond acceptors (Lipinski definition) is 11. The van der Waals surface area contributed by atoms with Gasteiger partial charge in [-0.3, -0.25) is 39.2 Å². The molecule has 2 unspecified atom stereocenters. The summed E-state index contributed by atoms with van der Waals surface area (Å²) in [7, 11) is 0. The first-order valence-electron chi connectivity index (χ1n) is 17.8. The molecule has 3 heterocycles. The highest BCUT2D eigenvalue weighted by Gasteiger charge is 2.52. The molecule has 3 N–H and O–H groups in total. The van der Waals surface area contributed by atoms with E-state index in [9.17, 15) is 37.6 Å². The van der Waals surface area contributed by atoms with Gasteiger partial charge in [0.1, 0.15) is 18.2 Å². The van der Waals surface area contributed by atoms with E-state index in [2.05, 4.69) is 33.5 Å². The van der Waals surface area contributed by atoms with Crippen LogP contribution in [-0.4, -0.2) is 96.4 Å². The minimum Gasteiger partial charge on any atom is -0.489 e. The maximum absolute atomic E-state index is 15.4. The van der Waals surface area contributed by atoms with Crippen LogP contribution in [0.4, 0.5) is 40.3 Å². The fourth-order valence-corrected chi connectivity index (χ4v) is 7.62. The van der Waals surface area contributed by atoms with Gasteiger partial charge in [-0.25, -0.2) is 4.39 Å². The van der Waals surface area contributed by atoms with E-state index in [1.807, 2.05) is 4.90 Å². The van der Waals surface area contributed by atoms with Crippen LogP contribution in [-0.2, 0) is 25.4 Å². The molecule has 0 radical (unpaired) electrons. The Labute approximate surface area is 325 Å². The SMILES string of the molecule is CC1(C)C(=O)N(c2ccc(C#N)c(C(F)(F)F)c2)C(S)N1c1ccc(OCCN2CCN(CC(=O)Nc3cccc(NC4CCC(=O)NC4=O)c3)CC2)c(F)c1. The lowest BCUT2D eigenvalue weighted by Crippen LogP contribution is -2.49. The van der Waals surface area contributed by atoms with Gasteiger partial charge in [-0.15, -0.1) is 12.6 Å². The van der Waals surface area contributed by atoms with E-state index in [0.29, 0.717) is 50.5 Å². The summed E-state index contributed by atoms with van der Waals surface area (Å²) in [6.07, 6.45) is -4.19. The third kappa shape index (κ3) is 8.85. The summed E-state index contributed by atoms with van der Waals surface area (Å²) in [5.74, 6) is -2.15. The molecule has 56 heavy (non-hydrogen) atoms. The molecule has 4 amide bonds. The Bertz CT molecular complexity index is 2050. The third-order valence-electron chi connectivity index (χ3n) is 9.93. The van der Waals surface area contributed by atoms with Gasteiger partial charge in [0.15, 0.2) is 17.1 Å². The number of halogens is 4. The number of amides is 4. The first-order chi connectivity index (χ1) is 26.5. The molecule has 0 aromatic heterocycles. The maximum atomic E-state index is 15.4. The van der Waals surface area contributed by atoms with E-state index in [-0.39, 0.29) is 54.4 Å². The van der Waals surface area contributed by atoms with Crippen molar-refractivity contribution in [1.29, 1.82) is 5.26 Å². The molecule has 3 fully saturated rings. The fourth-order valence-electron chi connectivity index (χ4n) is 6.96. The molecule has 3 aliphatic rings. The number of nitrogens with zero attached hydrogens (tertiary/aromatic N) is 5. The smallest absolute Gasteiger partial charge is 0.417 e. The van der Waals surface area contributed by atoms with Crippen LogP contribution >= 0.6 is 12.6 Å². The molecule has 3 aromatic carbocycles. The van der Waals surface area contributed by atoms with Gasteiger partial charge in [-0.2, -0.15) is 18.4 Å². The summed E-state index contributed by atoms with van der Waals surface area (Å²) in [5.41, 5.74) is -2.81. The first-order valence-corrected chi connectivity index (χ1v) is 18.4. The molecule has 0 aliphatic carbocycles. The number of nitrogens with one attached hydrogen (secondary N) is 3. The van der Waals surface area contributed by atoms with Crippen molar-refractivity contribution in [2.24, 2.45) is 0 Å². The Morgan fingerprint density at radius 1 is 1.00 bits per heavy atom. The standard InChI is InChI=1S/C38H40F4N8O5S/c1-37(2)35(54)49(26-7-6-23(21-43)28(19-26)38(40,41)42)36(56)50(37)27-8-10-31(29(39)20-27)55-17-16-47-12-14-48(15-13-47)22-33(52)45-25-5-3-4-24(18-25)44-30-9-11-32(51)46-34(30)53/h3-8,10,18-20,30,36,44,56H,9,11-17,22H2,1-2H3,(H,45,52)(H,46,51,53). The second-order valence-electron chi connectivity index (χ2n) is 14.1. The number of nitriles is 1. The molecule has 0 spiro atoms. The number of benzene rings is 3. The van der Waals surface area contributed by atoms with E-state index >= 15 is 4.39 Å². The largest absolute Gasteiger partial charge is 0.489 e. The second-order valence-corrected chi connectivity index (χ2v) is 14.6. The van der Waals surface area contributed by atoms with Crippen molar-refractivity contribution in [3.63, 3.8) is 0 Å². The predicted octanol–water partition coefficient (Wildman–Crippen LogP) is 4.41. The van der Waals surface area contributed by atoms with Crippen molar-refractivity contribution in [2.75, 3.05) is 66.3 Å². The monoisotopic (exact) mass is 796 g/mol. The number of rotatable bonds is 11. The van der Waals surface area contributed by atoms with Gasteiger partial charge in [0.05, 0.1) is 23.7 Å². The summed E-state index contributed by atoms with van der Waals surface area (Å²) in [6, 6.07) is 15.1. The lowest BCUT2D eigenvalue weighted by molar-refractivity contribution is -0.138.